The molecule has 0 aliphatic carbocycles. The molecule has 2 rings (SSSR count). The quantitative estimate of drug-likeness (QED) is 0.858. The van der Waals surface area contributed by atoms with Gasteiger partial charge in [0.15, 0.2) is 6.61 Å². The Balaban J connectivity index is 1.65. The number of ether oxygens (including phenoxy) is 1. The van der Waals surface area contributed by atoms with Crippen LogP contribution in [0.3, 0.4) is 0 Å². The lowest BCUT2D eigenvalue weighted by atomic mass is 10.2. The molecule has 1 amide bonds. The average molecular weight is 258 g/mol. The van der Waals surface area contributed by atoms with Gasteiger partial charge in [-0.05, 0) is 30.2 Å². The molecule has 0 atom stereocenters. The van der Waals surface area contributed by atoms with Crippen LogP contribution in [-0.2, 0) is 18.3 Å². The van der Waals surface area contributed by atoms with E-state index in [1.807, 2.05) is 60.4 Å². The third-order valence-corrected chi connectivity index (χ3v) is 2.74. The van der Waals surface area contributed by atoms with E-state index in [0.29, 0.717) is 12.3 Å². The molecule has 4 nitrogen and oxygen atoms in total. The molecule has 0 unspecified atom stereocenters. The van der Waals surface area contributed by atoms with Crippen LogP contribution in [0.15, 0.2) is 48.8 Å². The number of aryl methyl sites for hydroxylation is 1. The second kappa shape index (κ2) is 6.64. The molecule has 19 heavy (non-hydrogen) atoms. The first-order valence-corrected chi connectivity index (χ1v) is 6.29. The Morgan fingerprint density at radius 3 is 2.74 bits per heavy atom. The molecule has 4 heteroatoms. The number of aromatic nitrogens is 1. The zero-order chi connectivity index (χ0) is 13.5. The first kappa shape index (κ1) is 13.2. The fraction of sp³-hybridized carbons (Fsp3) is 0.267. The third-order valence-electron chi connectivity index (χ3n) is 2.74. The van der Waals surface area contributed by atoms with Crippen molar-refractivity contribution in [1.29, 1.82) is 0 Å². The highest BCUT2D eigenvalue weighted by atomic mass is 16.5. The highest BCUT2D eigenvalue weighted by molar-refractivity contribution is 5.77. The molecule has 1 N–H and O–H groups in total. The number of carbonyl (C=O) groups is 1. The summed E-state index contributed by atoms with van der Waals surface area (Å²) < 4.78 is 7.35. The molecule has 1 heterocycles. The Morgan fingerprint density at radius 1 is 1.26 bits per heavy atom. The summed E-state index contributed by atoms with van der Waals surface area (Å²) in [6, 6.07) is 11.4. The molecule has 0 radical (unpaired) electrons. The van der Waals surface area contributed by atoms with Crippen molar-refractivity contribution in [2.45, 2.75) is 6.42 Å². The highest BCUT2D eigenvalue weighted by Crippen LogP contribution is 2.07. The molecule has 0 aliphatic heterocycles. The first-order chi connectivity index (χ1) is 9.24. The predicted octanol–water partition coefficient (Wildman–Crippen LogP) is 1.76. The lowest BCUT2D eigenvalue weighted by Gasteiger charge is -2.06. The van der Waals surface area contributed by atoms with Crippen LogP contribution in [0.25, 0.3) is 0 Å². The van der Waals surface area contributed by atoms with E-state index in [0.717, 1.165) is 6.42 Å². The van der Waals surface area contributed by atoms with Crippen molar-refractivity contribution in [2.24, 2.45) is 7.05 Å². The molecule has 0 bridgehead atoms. The van der Waals surface area contributed by atoms with Crippen molar-refractivity contribution >= 4 is 5.91 Å². The van der Waals surface area contributed by atoms with Crippen molar-refractivity contribution in [3.8, 4) is 5.75 Å². The third kappa shape index (κ3) is 4.50. The van der Waals surface area contributed by atoms with Crippen LogP contribution in [0.2, 0.25) is 0 Å². The summed E-state index contributed by atoms with van der Waals surface area (Å²) >= 11 is 0. The smallest absolute Gasteiger partial charge is 0.257 e. The average Bonchev–Trinajstić information content (AvgIpc) is 2.83. The number of benzene rings is 1. The van der Waals surface area contributed by atoms with Crippen molar-refractivity contribution in [3.05, 3.63) is 54.4 Å². The van der Waals surface area contributed by atoms with Gasteiger partial charge in [0.2, 0.25) is 0 Å². The Labute approximate surface area is 113 Å². The van der Waals surface area contributed by atoms with Gasteiger partial charge in [0.05, 0.1) is 0 Å². The second-order valence-corrected chi connectivity index (χ2v) is 4.39. The van der Waals surface area contributed by atoms with Crippen molar-refractivity contribution in [2.75, 3.05) is 13.2 Å². The number of nitrogens with zero attached hydrogens (tertiary/aromatic N) is 1. The molecule has 0 spiro atoms. The van der Waals surface area contributed by atoms with Crippen LogP contribution in [-0.4, -0.2) is 23.6 Å². The number of carbonyl (C=O) groups excluding carboxylic acids is 1. The first-order valence-electron chi connectivity index (χ1n) is 6.29. The maximum absolute atomic E-state index is 11.6. The van der Waals surface area contributed by atoms with E-state index in [-0.39, 0.29) is 12.5 Å². The van der Waals surface area contributed by atoms with E-state index >= 15 is 0 Å². The maximum atomic E-state index is 11.6. The van der Waals surface area contributed by atoms with Crippen molar-refractivity contribution < 1.29 is 9.53 Å². The van der Waals surface area contributed by atoms with Crippen LogP contribution in [0.1, 0.15) is 5.56 Å². The van der Waals surface area contributed by atoms with E-state index in [9.17, 15) is 4.79 Å². The Morgan fingerprint density at radius 2 is 2.05 bits per heavy atom. The van der Waals surface area contributed by atoms with Crippen LogP contribution in [0.5, 0.6) is 5.75 Å². The summed E-state index contributed by atoms with van der Waals surface area (Å²) in [7, 11) is 1.98. The molecule has 1 aromatic heterocycles. The molecule has 100 valence electrons. The Kier molecular flexibility index (Phi) is 4.61. The summed E-state index contributed by atoms with van der Waals surface area (Å²) in [6.45, 7) is 0.680. The van der Waals surface area contributed by atoms with Crippen molar-refractivity contribution in [1.82, 2.24) is 9.88 Å². The van der Waals surface area contributed by atoms with Gasteiger partial charge in [0.25, 0.3) is 5.91 Å². The van der Waals surface area contributed by atoms with Crippen LogP contribution < -0.4 is 10.1 Å². The van der Waals surface area contributed by atoms with Gasteiger partial charge < -0.3 is 14.6 Å². The van der Waals surface area contributed by atoms with Gasteiger partial charge in [0, 0.05) is 26.0 Å². The molecule has 0 saturated heterocycles. The lowest BCUT2D eigenvalue weighted by Crippen LogP contribution is -2.30. The minimum absolute atomic E-state index is 0.0544. The lowest BCUT2D eigenvalue weighted by molar-refractivity contribution is -0.123. The SMILES string of the molecule is Cn1ccc(CCNC(=O)COc2ccccc2)c1. The molecule has 0 saturated carbocycles. The summed E-state index contributed by atoms with van der Waals surface area (Å²) in [5.41, 5.74) is 1.21. The number of para-hydroxylation sites is 1. The Bertz CT molecular complexity index is 520. The fourth-order valence-electron chi connectivity index (χ4n) is 1.77. The van der Waals surface area contributed by atoms with E-state index in [2.05, 4.69) is 5.32 Å². The number of amides is 1. The maximum Gasteiger partial charge on any atom is 0.257 e. The van der Waals surface area contributed by atoms with Gasteiger partial charge >= 0.3 is 0 Å². The van der Waals surface area contributed by atoms with Gasteiger partial charge in [-0.25, -0.2) is 0 Å². The summed E-state index contributed by atoms with van der Waals surface area (Å²) in [5.74, 6) is 0.612. The van der Waals surface area contributed by atoms with Crippen LogP contribution in [0.4, 0.5) is 0 Å². The molecule has 0 aliphatic rings. The summed E-state index contributed by atoms with van der Waals surface area (Å²) in [5, 5.41) is 2.84. The second-order valence-electron chi connectivity index (χ2n) is 4.39. The topological polar surface area (TPSA) is 43.3 Å². The van der Waals surface area contributed by atoms with Gasteiger partial charge in [0.1, 0.15) is 5.75 Å². The number of rotatable bonds is 6. The number of hydrogen-bond acceptors (Lipinski definition) is 2. The number of nitrogens with one attached hydrogen (secondary N) is 1. The molecule has 0 fully saturated rings. The summed E-state index contributed by atoms with van der Waals surface area (Å²) in [4.78, 5) is 11.6. The van der Waals surface area contributed by atoms with Gasteiger partial charge in [-0.1, -0.05) is 18.2 Å². The van der Waals surface area contributed by atoms with E-state index in [1.54, 1.807) is 0 Å². The van der Waals surface area contributed by atoms with Gasteiger partial charge in [-0.3, -0.25) is 4.79 Å². The van der Waals surface area contributed by atoms with E-state index < -0.39 is 0 Å². The number of hydrogen-bond donors (Lipinski definition) is 1. The normalized spacial score (nSPS) is 10.2. The van der Waals surface area contributed by atoms with Crippen molar-refractivity contribution in [3.63, 3.8) is 0 Å². The standard InChI is InChI=1S/C15H18N2O2/c1-17-10-8-13(11-17)7-9-16-15(18)12-19-14-5-3-2-4-6-14/h2-6,8,10-11H,7,9,12H2,1H3,(H,16,18). The van der Waals surface area contributed by atoms with Crippen LogP contribution in [0, 0.1) is 0 Å². The molecular weight excluding hydrogens is 240 g/mol. The Hall–Kier alpha value is -2.23. The minimum Gasteiger partial charge on any atom is -0.484 e. The fourth-order valence-corrected chi connectivity index (χ4v) is 1.77. The largest absolute Gasteiger partial charge is 0.484 e. The monoisotopic (exact) mass is 258 g/mol. The van der Waals surface area contributed by atoms with Crippen LogP contribution >= 0.6 is 0 Å². The summed E-state index contributed by atoms with van der Waals surface area (Å²) in [6.07, 6.45) is 4.88. The molecule has 2 aromatic rings. The van der Waals surface area contributed by atoms with E-state index in [4.69, 9.17) is 4.74 Å². The van der Waals surface area contributed by atoms with Gasteiger partial charge in [-0.2, -0.15) is 0 Å². The predicted molar refractivity (Wildman–Crippen MR) is 74.1 cm³/mol. The highest BCUT2D eigenvalue weighted by Gasteiger charge is 2.02. The molecular formula is C15H18N2O2. The zero-order valence-corrected chi connectivity index (χ0v) is 11.0. The van der Waals surface area contributed by atoms with Gasteiger partial charge in [-0.15, -0.1) is 0 Å². The minimum atomic E-state index is -0.0974. The molecule has 1 aromatic carbocycles. The zero-order valence-electron chi connectivity index (χ0n) is 11.0. The van der Waals surface area contributed by atoms with E-state index in [1.165, 1.54) is 5.56 Å².